The third kappa shape index (κ3) is 4.25. The number of aromatic nitrogens is 2. The number of hydrogen-bond donors (Lipinski definition) is 1. The van der Waals surface area contributed by atoms with Crippen LogP contribution in [-0.4, -0.2) is 33.2 Å². The maximum Gasteiger partial charge on any atom is 0.321 e. The van der Waals surface area contributed by atoms with Crippen LogP contribution in [0.15, 0.2) is 79.3 Å². The average Bonchev–Trinajstić information content (AvgIpc) is 3.39. The first kappa shape index (κ1) is 22.6. The van der Waals surface area contributed by atoms with Gasteiger partial charge in [0, 0.05) is 25.1 Å². The monoisotopic (exact) mass is 478 g/mol. The summed E-state index contributed by atoms with van der Waals surface area (Å²) in [7, 11) is 0. The van der Waals surface area contributed by atoms with Crippen LogP contribution in [0, 0.1) is 5.82 Å². The minimum absolute atomic E-state index is 0.121. The Hall–Kier alpha value is -4.14. The van der Waals surface area contributed by atoms with Crippen LogP contribution in [0.25, 0.3) is 16.8 Å². The molecule has 0 spiro atoms. The third-order valence-electron chi connectivity index (χ3n) is 6.09. The summed E-state index contributed by atoms with van der Waals surface area (Å²) in [5.41, 5.74) is 3.38. The SMILES string of the molecule is CC(F)(F)C(=O)NC1CC(=O)N(c2ccc3c(-c4ccc(F)cc4)ncn3c2)C1c1ccccc1. The fraction of sp³-hybridized carbons (Fsp3) is 0.192. The summed E-state index contributed by atoms with van der Waals surface area (Å²) in [4.78, 5) is 31.1. The molecule has 1 aliphatic heterocycles. The Morgan fingerprint density at radius 3 is 2.46 bits per heavy atom. The van der Waals surface area contributed by atoms with Crippen molar-refractivity contribution in [3.8, 4) is 11.3 Å². The molecule has 2 aromatic heterocycles. The molecule has 9 heteroatoms. The molecule has 35 heavy (non-hydrogen) atoms. The average molecular weight is 478 g/mol. The Morgan fingerprint density at radius 1 is 1.06 bits per heavy atom. The number of halogens is 3. The molecule has 2 amide bonds. The lowest BCUT2D eigenvalue weighted by Crippen LogP contribution is -2.46. The van der Waals surface area contributed by atoms with Crippen molar-refractivity contribution in [3.05, 3.63) is 90.6 Å². The molecule has 0 radical (unpaired) electrons. The lowest BCUT2D eigenvalue weighted by Gasteiger charge is -2.29. The van der Waals surface area contributed by atoms with Crippen LogP contribution in [0.4, 0.5) is 18.9 Å². The van der Waals surface area contributed by atoms with Gasteiger partial charge in [-0.15, -0.1) is 0 Å². The van der Waals surface area contributed by atoms with Gasteiger partial charge in [0.1, 0.15) is 12.1 Å². The number of benzene rings is 2. The van der Waals surface area contributed by atoms with E-state index < -0.39 is 23.9 Å². The highest BCUT2D eigenvalue weighted by Gasteiger charge is 2.45. The molecule has 1 N–H and O–H groups in total. The van der Waals surface area contributed by atoms with Gasteiger partial charge in [-0.3, -0.25) is 9.59 Å². The maximum atomic E-state index is 13.6. The predicted molar refractivity (Wildman–Crippen MR) is 124 cm³/mol. The molecule has 1 fully saturated rings. The van der Waals surface area contributed by atoms with Crippen LogP contribution < -0.4 is 10.2 Å². The topological polar surface area (TPSA) is 66.7 Å². The molecule has 4 aromatic rings. The summed E-state index contributed by atoms with van der Waals surface area (Å²) in [6, 6.07) is 17.0. The molecule has 0 aliphatic carbocycles. The number of nitrogens with one attached hydrogen (secondary N) is 1. The van der Waals surface area contributed by atoms with Crippen molar-refractivity contribution >= 4 is 23.0 Å². The number of hydrogen-bond acceptors (Lipinski definition) is 3. The number of carbonyl (C=O) groups excluding carboxylic acids is 2. The summed E-state index contributed by atoms with van der Waals surface area (Å²) in [6.07, 6.45) is 3.19. The molecule has 0 bridgehead atoms. The normalized spacial score (nSPS) is 18.3. The van der Waals surface area contributed by atoms with Crippen molar-refractivity contribution in [2.45, 2.75) is 31.4 Å². The van der Waals surface area contributed by atoms with Gasteiger partial charge < -0.3 is 14.6 Å². The Kier molecular flexibility index (Phi) is 5.55. The lowest BCUT2D eigenvalue weighted by molar-refractivity contribution is -0.143. The van der Waals surface area contributed by atoms with Gasteiger partial charge in [0.05, 0.1) is 29.0 Å². The van der Waals surface area contributed by atoms with Gasteiger partial charge in [-0.25, -0.2) is 9.37 Å². The van der Waals surface area contributed by atoms with Crippen LogP contribution in [0.1, 0.15) is 24.9 Å². The van der Waals surface area contributed by atoms with Crippen LogP contribution in [0.2, 0.25) is 0 Å². The summed E-state index contributed by atoms with van der Waals surface area (Å²) < 4.78 is 42.3. The minimum atomic E-state index is -3.57. The van der Waals surface area contributed by atoms with E-state index in [0.717, 1.165) is 11.1 Å². The number of rotatable bonds is 5. The molecule has 2 unspecified atom stereocenters. The summed E-state index contributed by atoms with van der Waals surface area (Å²) in [5, 5.41) is 2.36. The highest BCUT2D eigenvalue weighted by atomic mass is 19.3. The molecular formula is C26H21F3N4O2. The van der Waals surface area contributed by atoms with Gasteiger partial charge in [0.15, 0.2) is 0 Å². The van der Waals surface area contributed by atoms with Crippen molar-refractivity contribution < 1.29 is 22.8 Å². The van der Waals surface area contributed by atoms with Crippen molar-refractivity contribution in [1.82, 2.24) is 14.7 Å². The van der Waals surface area contributed by atoms with E-state index in [0.29, 0.717) is 23.9 Å². The van der Waals surface area contributed by atoms with Gasteiger partial charge in [-0.05, 0) is 42.0 Å². The van der Waals surface area contributed by atoms with Crippen LogP contribution in [-0.2, 0) is 9.59 Å². The second kappa shape index (κ2) is 8.57. The number of fused-ring (bicyclic) bond motifs is 1. The summed E-state index contributed by atoms with van der Waals surface area (Å²) in [5.74, 6) is -5.64. The standard InChI is InChI=1S/C26H21F3N4O2/c1-26(28,29)25(35)31-20-13-22(34)33(24(20)17-5-3-2-4-6-17)19-11-12-21-23(30-15-32(21)14-19)16-7-9-18(27)10-8-16/h2-12,14-15,20,24H,13H2,1H3,(H,31,35). The van der Waals surface area contributed by atoms with Crippen molar-refractivity contribution in [1.29, 1.82) is 0 Å². The Morgan fingerprint density at radius 2 is 1.77 bits per heavy atom. The summed E-state index contributed by atoms with van der Waals surface area (Å²) >= 11 is 0. The number of nitrogens with zero attached hydrogens (tertiary/aromatic N) is 3. The zero-order chi connectivity index (χ0) is 24.7. The predicted octanol–water partition coefficient (Wildman–Crippen LogP) is 4.76. The minimum Gasteiger partial charge on any atom is -0.345 e. The van der Waals surface area contributed by atoms with Gasteiger partial charge in [-0.2, -0.15) is 8.78 Å². The van der Waals surface area contributed by atoms with Crippen LogP contribution in [0.3, 0.4) is 0 Å². The second-order valence-corrected chi connectivity index (χ2v) is 8.57. The maximum absolute atomic E-state index is 13.6. The molecule has 5 rings (SSSR count). The van der Waals surface area contributed by atoms with E-state index in [1.54, 1.807) is 65.5 Å². The number of pyridine rings is 1. The van der Waals surface area contributed by atoms with Gasteiger partial charge in [-0.1, -0.05) is 30.3 Å². The lowest BCUT2D eigenvalue weighted by atomic mass is 9.99. The molecule has 1 saturated heterocycles. The van der Waals surface area contributed by atoms with E-state index in [1.165, 1.54) is 17.0 Å². The van der Waals surface area contributed by atoms with E-state index >= 15 is 0 Å². The van der Waals surface area contributed by atoms with E-state index in [1.807, 2.05) is 6.07 Å². The zero-order valence-electron chi connectivity index (χ0n) is 18.7. The summed E-state index contributed by atoms with van der Waals surface area (Å²) in [6.45, 7) is 0.528. The van der Waals surface area contributed by atoms with Crippen molar-refractivity contribution in [2.24, 2.45) is 0 Å². The van der Waals surface area contributed by atoms with E-state index in [2.05, 4.69) is 10.3 Å². The fourth-order valence-corrected chi connectivity index (χ4v) is 4.46. The fourth-order valence-electron chi connectivity index (χ4n) is 4.46. The van der Waals surface area contributed by atoms with Gasteiger partial charge in [0.25, 0.3) is 5.91 Å². The second-order valence-electron chi connectivity index (χ2n) is 8.57. The highest BCUT2D eigenvalue weighted by Crippen LogP contribution is 2.38. The quantitative estimate of drug-likeness (QED) is 0.450. The number of carbonyl (C=O) groups is 2. The van der Waals surface area contributed by atoms with Gasteiger partial charge in [0.2, 0.25) is 5.91 Å². The number of imidazole rings is 1. The number of alkyl halides is 2. The van der Waals surface area contributed by atoms with Gasteiger partial charge >= 0.3 is 5.92 Å². The smallest absolute Gasteiger partial charge is 0.321 e. The number of anilines is 1. The Bertz CT molecular complexity index is 1400. The van der Waals surface area contributed by atoms with E-state index in [-0.39, 0.29) is 18.1 Å². The molecule has 2 atom stereocenters. The molecule has 6 nitrogen and oxygen atoms in total. The third-order valence-corrected chi connectivity index (χ3v) is 6.09. The Labute approximate surface area is 199 Å². The van der Waals surface area contributed by atoms with Crippen LogP contribution >= 0.6 is 0 Å². The first-order valence-electron chi connectivity index (χ1n) is 11.0. The van der Waals surface area contributed by atoms with Crippen LogP contribution in [0.5, 0.6) is 0 Å². The first-order valence-corrected chi connectivity index (χ1v) is 11.0. The van der Waals surface area contributed by atoms with E-state index in [4.69, 9.17) is 0 Å². The molecule has 3 heterocycles. The van der Waals surface area contributed by atoms with Crippen molar-refractivity contribution in [2.75, 3.05) is 4.90 Å². The first-order chi connectivity index (χ1) is 16.7. The van der Waals surface area contributed by atoms with Crippen molar-refractivity contribution in [3.63, 3.8) is 0 Å². The molecule has 178 valence electrons. The molecule has 2 aromatic carbocycles. The number of amides is 2. The van der Waals surface area contributed by atoms with E-state index in [9.17, 15) is 22.8 Å². The largest absolute Gasteiger partial charge is 0.345 e. The zero-order valence-corrected chi connectivity index (χ0v) is 18.7. The molecule has 1 aliphatic rings. The molecular weight excluding hydrogens is 457 g/mol. The Balaban J connectivity index is 1.53. The highest BCUT2D eigenvalue weighted by molar-refractivity contribution is 5.98. The molecule has 0 saturated carbocycles.